The van der Waals surface area contributed by atoms with E-state index >= 15 is 0 Å². The molecule has 1 aromatic rings. The van der Waals surface area contributed by atoms with Crippen LogP contribution in [-0.2, 0) is 9.53 Å². The average Bonchev–Trinajstić information content (AvgIpc) is 2.70. The fourth-order valence-corrected chi connectivity index (χ4v) is 4.20. The van der Waals surface area contributed by atoms with Crippen molar-refractivity contribution in [2.24, 2.45) is 5.92 Å². The summed E-state index contributed by atoms with van der Waals surface area (Å²) in [5.41, 5.74) is 1.69. The maximum atomic E-state index is 11.9. The molecule has 6 heteroatoms. The molecule has 1 aliphatic carbocycles. The van der Waals surface area contributed by atoms with Crippen LogP contribution < -0.4 is 4.90 Å². The molecule has 6 nitrogen and oxygen atoms in total. The lowest BCUT2D eigenvalue weighted by atomic mass is 9.91. The zero-order valence-corrected chi connectivity index (χ0v) is 17.6. The van der Waals surface area contributed by atoms with Crippen LogP contribution in [0, 0.1) is 16.0 Å². The van der Waals surface area contributed by atoms with Gasteiger partial charge in [0, 0.05) is 18.7 Å². The molecule has 0 radical (unpaired) electrons. The van der Waals surface area contributed by atoms with Crippen molar-refractivity contribution in [1.82, 2.24) is 0 Å². The van der Waals surface area contributed by atoms with Crippen LogP contribution in [0.4, 0.5) is 11.4 Å². The number of nitrogens with zero attached hydrogens (tertiary/aromatic N) is 2. The molecule has 28 heavy (non-hydrogen) atoms. The monoisotopic (exact) mass is 390 g/mol. The first-order valence-corrected chi connectivity index (χ1v) is 10.5. The van der Waals surface area contributed by atoms with Crippen molar-refractivity contribution in [3.8, 4) is 0 Å². The highest BCUT2D eigenvalue weighted by Crippen LogP contribution is 2.37. The van der Waals surface area contributed by atoms with Gasteiger partial charge < -0.3 is 9.64 Å². The lowest BCUT2D eigenvalue weighted by Gasteiger charge is -2.37. The van der Waals surface area contributed by atoms with E-state index in [1.54, 1.807) is 6.07 Å². The normalized spacial score (nSPS) is 16.0. The summed E-state index contributed by atoms with van der Waals surface area (Å²) < 4.78 is 4.79. The van der Waals surface area contributed by atoms with E-state index in [2.05, 4.69) is 18.7 Å². The predicted molar refractivity (Wildman–Crippen MR) is 112 cm³/mol. The number of nitro benzene ring substituents is 1. The number of ether oxygens (including phenoxy) is 1. The number of carbonyl (C=O) groups is 1. The zero-order valence-electron chi connectivity index (χ0n) is 17.6. The van der Waals surface area contributed by atoms with Gasteiger partial charge in [-0.05, 0) is 42.7 Å². The molecule has 0 saturated heterocycles. The molecule has 1 saturated carbocycles. The van der Waals surface area contributed by atoms with E-state index in [4.69, 9.17) is 4.74 Å². The van der Waals surface area contributed by atoms with Crippen LogP contribution in [-0.4, -0.2) is 30.6 Å². The first kappa shape index (κ1) is 22.2. The highest BCUT2D eigenvalue weighted by molar-refractivity contribution is 5.71. The fraction of sp³-hybridized carbons (Fsp3) is 0.682. The van der Waals surface area contributed by atoms with Gasteiger partial charge in [0.05, 0.1) is 18.5 Å². The minimum absolute atomic E-state index is 0.0755. The number of hydrogen-bond acceptors (Lipinski definition) is 5. The van der Waals surface area contributed by atoms with Gasteiger partial charge in [0.25, 0.3) is 5.69 Å². The molecule has 0 N–H and O–H groups in total. The van der Waals surface area contributed by atoms with Gasteiger partial charge in [-0.15, -0.1) is 0 Å². The Morgan fingerprint density at radius 2 is 1.96 bits per heavy atom. The molecule has 0 amide bonds. The number of nitro groups is 1. The molecule has 1 fully saturated rings. The van der Waals surface area contributed by atoms with E-state index in [-0.39, 0.29) is 28.9 Å². The maximum absolute atomic E-state index is 11.9. The van der Waals surface area contributed by atoms with Crippen molar-refractivity contribution >= 4 is 17.3 Å². The third kappa shape index (κ3) is 5.69. The van der Waals surface area contributed by atoms with E-state index in [9.17, 15) is 14.9 Å². The van der Waals surface area contributed by atoms with Crippen molar-refractivity contribution < 1.29 is 14.5 Å². The molecular weight excluding hydrogens is 356 g/mol. The molecule has 0 aromatic heterocycles. The van der Waals surface area contributed by atoms with E-state index in [1.807, 2.05) is 19.1 Å². The quantitative estimate of drug-likeness (QED) is 0.319. The number of methoxy groups -OCH3 is 1. The highest BCUT2D eigenvalue weighted by atomic mass is 16.6. The zero-order chi connectivity index (χ0) is 20.7. The number of benzene rings is 1. The van der Waals surface area contributed by atoms with Gasteiger partial charge in [0.2, 0.25) is 0 Å². The molecule has 0 spiro atoms. The van der Waals surface area contributed by atoms with E-state index in [0.717, 1.165) is 31.4 Å². The smallest absolute Gasteiger partial charge is 0.306 e. The Kier molecular flexibility index (Phi) is 8.27. The van der Waals surface area contributed by atoms with Crippen molar-refractivity contribution in [3.05, 3.63) is 33.9 Å². The largest absolute Gasteiger partial charge is 0.469 e. The standard InChI is InChI=1S/C22H34N2O4/c1-5-17(14-22(25)28-4)18-11-12-20(21(13-18)24(26)27)23(15-16(2)3)19-9-7-6-8-10-19/h11-13,16-17,19H,5-10,14-15H2,1-4H3/t17-/m1/s1. The maximum Gasteiger partial charge on any atom is 0.306 e. The first-order chi connectivity index (χ1) is 13.4. The minimum atomic E-state index is -0.290. The molecule has 1 atom stereocenters. The molecule has 1 aromatic carbocycles. The van der Waals surface area contributed by atoms with Crippen molar-refractivity contribution in [1.29, 1.82) is 0 Å². The summed E-state index contributed by atoms with van der Waals surface area (Å²) in [6, 6.07) is 5.88. The molecule has 2 rings (SSSR count). The number of rotatable bonds is 9. The number of carbonyl (C=O) groups excluding carboxylic acids is 1. The van der Waals surface area contributed by atoms with Gasteiger partial charge in [-0.1, -0.05) is 46.1 Å². The molecular formula is C22H34N2O4. The Morgan fingerprint density at radius 1 is 1.29 bits per heavy atom. The Hall–Kier alpha value is -2.11. The SMILES string of the molecule is CC[C@H](CC(=O)OC)c1ccc(N(CC(C)C)C2CCCCC2)c([N+](=O)[O-])c1. The number of anilines is 1. The fourth-order valence-electron chi connectivity index (χ4n) is 4.20. The molecule has 0 unspecified atom stereocenters. The van der Waals surface area contributed by atoms with Gasteiger partial charge in [-0.2, -0.15) is 0 Å². The third-order valence-corrected chi connectivity index (χ3v) is 5.69. The van der Waals surface area contributed by atoms with E-state index in [0.29, 0.717) is 17.6 Å². The summed E-state index contributed by atoms with van der Waals surface area (Å²) in [6.45, 7) is 7.10. The van der Waals surface area contributed by atoms with Gasteiger partial charge in [0.1, 0.15) is 5.69 Å². The van der Waals surface area contributed by atoms with Crippen LogP contribution in [0.2, 0.25) is 0 Å². The van der Waals surface area contributed by atoms with Crippen molar-refractivity contribution in [3.63, 3.8) is 0 Å². The summed E-state index contributed by atoms with van der Waals surface area (Å²) in [6.07, 6.45) is 6.76. The second-order valence-electron chi connectivity index (χ2n) is 8.23. The van der Waals surface area contributed by atoms with Crippen molar-refractivity contribution in [2.45, 2.75) is 77.7 Å². The Morgan fingerprint density at radius 3 is 2.50 bits per heavy atom. The summed E-state index contributed by atoms with van der Waals surface area (Å²) in [5.74, 6) is 0.0552. The molecule has 156 valence electrons. The lowest BCUT2D eigenvalue weighted by Crippen LogP contribution is -2.39. The second-order valence-corrected chi connectivity index (χ2v) is 8.23. The lowest BCUT2D eigenvalue weighted by molar-refractivity contribution is -0.384. The Balaban J connectivity index is 2.40. The van der Waals surface area contributed by atoms with Gasteiger partial charge in [0.15, 0.2) is 0 Å². The van der Waals surface area contributed by atoms with Crippen LogP contribution >= 0.6 is 0 Å². The Labute approximate surface area is 168 Å². The average molecular weight is 391 g/mol. The van der Waals surface area contributed by atoms with E-state index < -0.39 is 0 Å². The van der Waals surface area contributed by atoms with Gasteiger partial charge >= 0.3 is 5.97 Å². The van der Waals surface area contributed by atoms with Crippen LogP contribution in [0.15, 0.2) is 18.2 Å². The molecule has 0 bridgehead atoms. The number of hydrogen-bond donors (Lipinski definition) is 0. The molecule has 0 aliphatic heterocycles. The Bertz CT molecular complexity index is 669. The summed E-state index contributed by atoms with van der Waals surface area (Å²) >= 11 is 0. The first-order valence-electron chi connectivity index (χ1n) is 10.5. The van der Waals surface area contributed by atoms with Crippen LogP contribution in [0.3, 0.4) is 0 Å². The summed E-state index contributed by atoms with van der Waals surface area (Å²) in [5, 5.41) is 11.9. The summed E-state index contributed by atoms with van der Waals surface area (Å²) in [4.78, 5) is 25.6. The topological polar surface area (TPSA) is 72.7 Å². The second kappa shape index (κ2) is 10.4. The highest BCUT2D eigenvalue weighted by Gasteiger charge is 2.29. The number of esters is 1. The third-order valence-electron chi connectivity index (χ3n) is 5.69. The van der Waals surface area contributed by atoms with E-state index in [1.165, 1.54) is 26.4 Å². The predicted octanol–water partition coefficient (Wildman–Crippen LogP) is 5.45. The van der Waals surface area contributed by atoms with Crippen LogP contribution in [0.5, 0.6) is 0 Å². The summed E-state index contributed by atoms with van der Waals surface area (Å²) in [7, 11) is 1.37. The molecule has 1 aliphatic rings. The van der Waals surface area contributed by atoms with Gasteiger partial charge in [-0.25, -0.2) is 0 Å². The minimum Gasteiger partial charge on any atom is -0.469 e. The van der Waals surface area contributed by atoms with Crippen LogP contribution in [0.25, 0.3) is 0 Å². The van der Waals surface area contributed by atoms with Gasteiger partial charge in [-0.3, -0.25) is 14.9 Å². The van der Waals surface area contributed by atoms with Crippen LogP contribution in [0.1, 0.15) is 77.2 Å². The molecule has 0 heterocycles. The van der Waals surface area contributed by atoms with Crippen molar-refractivity contribution in [2.75, 3.05) is 18.6 Å².